The minimum Gasteiger partial charge on any atom is -0.321 e. The standard InChI is InChI=1S/C66H69N5/c1-64(2,3)47-37-48(65(4,5)6)39-52(38-47)68-44-69(61-31-21-20-30-60(61)68)53-40-49(66(7,8)9)41-54(42-53)70(50-24-14-11-15-25-50)51-32-33-58-56-27-17-16-26-55(56)57-28-18-19-29-59(57)71(62(58)43-51)63-36-46(34-35-67-63)45-22-12-10-13-23-45/h11,14-21,24-43,45H,10,12-13,22-23,44H2,1-9H3. The van der Waals surface area contributed by atoms with E-state index in [1.54, 1.807) is 0 Å². The smallest absolute Gasteiger partial charge is 0.137 e. The van der Waals surface area contributed by atoms with Crippen LogP contribution in [-0.4, -0.2) is 11.7 Å². The number of anilines is 10. The molecule has 358 valence electrons. The van der Waals surface area contributed by atoms with Crippen molar-refractivity contribution in [2.24, 2.45) is 0 Å². The minimum absolute atomic E-state index is 0.000875. The van der Waals surface area contributed by atoms with E-state index >= 15 is 0 Å². The van der Waals surface area contributed by atoms with Crippen LogP contribution in [0.4, 0.5) is 57.0 Å². The number of nitrogens with zero attached hydrogens (tertiary/aromatic N) is 5. The molecule has 0 unspecified atom stereocenters. The summed E-state index contributed by atoms with van der Waals surface area (Å²) >= 11 is 0. The molecule has 1 saturated carbocycles. The lowest BCUT2D eigenvalue weighted by molar-refractivity contribution is 0.443. The Morgan fingerprint density at radius 2 is 0.944 bits per heavy atom. The highest BCUT2D eigenvalue weighted by Crippen LogP contribution is 2.54. The normalized spacial score (nSPS) is 14.9. The number of rotatable bonds is 7. The summed E-state index contributed by atoms with van der Waals surface area (Å²) in [5.74, 6) is 1.51. The number of hydrogen-bond donors (Lipinski definition) is 0. The van der Waals surface area contributed by atoms with Gasteiger partial charge in [-0.3, -0.25) is 4.90 Å². The lowest BCUT2D eigenvalue weighted by Gasteiger charge is -2.32. The molecule has 3 aliphatic rings. The van der Waals surface area contributed by atoms with Gasteiger partial charge in [-0.25, -0.2) is 4.98 Å². The van der Waals surface area contributed by atoms with Crippen molar-refractivity contribution >= 4 is 57.0 Å². The van der Waals surface area contributed by atoms with Crippen molar-refractivity contribution in [3.63, 3.8) is 0 Å². The molecule has 71 heavy (non-hydrogen) atoms. The van der Waals surface area contributed by atoms with E-state index < -0.39 is 0 Å². The molecule has 1 aliphatic carbocycles. The fraction of sp³-hybridized carbons (Fsp3) is 0.288. The zero-order chi connectivity index (χ0) is 49.2. The molecular weight excluding hydrogens is 863 g/mol. The summed E-state index contributed by atoms with van der Waals surface area (Å²) in [5.41, 5.74) is 20.4. The Hall–Kier alpha value is -7.11. The van der Waals surface area contributed by atoms with Gasteiger partial charge in [0.25, 0.3) is 0 Å². The Morgan fingerprint density at radius 3 is 1.55 bits per heavy atom. The summed E-state index contributed by atoms with van der Waals surface area (Å²) in [6.07, 6.45) is 8.41. The van der Waals surface area contributed by atoms with Crippen molar-refractivity contribution in [2.45, 2.75) is 117 Å². The Balaban J connectivity index is 1.09. The lowest BCUT2D eigenvalue weighted by Crippen LogP contribution is -2.26. The first-order chi connectivity index (χ1) is 34.1. The second kappa shape index (κ2) is 17.9. The van der Waals surface area contributed by atoms with Gasteiger partial charge in [0.2, 0.25) is 0 Å². The van der Waals surface area contributed by atoms with Crippen molar-refractivity contribution in [3.05, 3.63) is 198 Å². The van der Waals surface area contributed by atoms with Crippen molar-refractivity contribution in [1.82, 2.24) is 4.98 Å². The van der Waals surface area contributed by atoms with Gasteiger partial charge in [0, 0.05) is 45.8 Å². The predicted octanol–water partition coefficient (Wildman–Crippen LogP) is 18.9. The third kappa shape index (κ3) is 8.79. The molecule has 11 rings (SSSR count). The lowest BCUT2D eigenvalue weighted by atomic mass is 9.80. The van der Waals surface area contributed by atoms with Crippen molar-refractivity contribution < 1.29 is 0 Å². The predicted molar refractivity (Wildman–Crippen MR) is 302 cm³/mol. The first-order valence-electron chi connectivity index (χ1n) is 26.0. The zero-order valence-electron chi connectivity index (χ0n) is 43.3. The molecule has 1 aromatic heterocycles. The maximum absolute atomic E-state index is 5.23. The van der Waals surface area contributed by atoms with E-state index in [1.165, 1.54) is 93.7 Å². The molecule has 0 amide bonds. The van der Waals surface area contributed by atoms with Gasteiger partial charge in [0.15, 0.2) is 0 Å². The highest BCUT2D eigenvalue weighted by Gasteiger charge is 2.33. The molecule has 0 saturated heterocycles. The summed E-state index contributed by atoms with van der Waals surface area (Å²) in [6, 6.07) is 63.9. The first-order valence-corrected chi connectivity index (χ1v) is 26.0. The van der Waals surface area contributed by atoms with E-state index in [4.69, 9.17) is 4.98 Å². The highest BCUT2D eigenvalue weighted by molar-refractivity contribution is 6.03. The Bertz CT molecular complexity index is 3220. The van der Waals surface area contributed by atoms with Crippen LogP contribution in [0.1, 0.15) is 123 Å². The molecule has 3 heterocycles. The fourth-order valence-corrected chi connectivity index (χ4v) is 11.2. The Labute approximate surface area is 423 Å². The third-order valence-electron chi connectivity index (χ3n) is 15.3. The van der Waals surface area contributed by atoms with Crippen LogP contribution in [-0.2, 0) is 16.2 Å². The first kappa shape index (κ1) is 46.3. The average Bonchev–Trinajstić information content (AvgIpc) is 3.71. The quantitative estimate of drug-likeness (QED) is 0.159. The van der Waals surface area contributed by atoms with Gasteiger partial charge in [-0.05, 0) is 153 Å². The highest BCUT2D eigenvalue weighted by atomic mass is 15.4. The molecule has 0 N–H and O–H groups in total. The van der Waals surface area contributed by atoms with Gasteiger partial charge in [-0.2, -0.15) is 0 Å². The maximum atomic E-state index is 5.23. The molecule has 2 aliphatic heterocycles. The van der Waals surface area contributed by atoms with Gasteiger partial charge in [-0.15, -0.1) is 0 Å². The number of aromatic nitrogens is 1. The third-order valence-corrected chi connectivity index (χ3v) is 15.3. The zero-order valence-corrected chi connectivity index (χ0v) is 43.3. The van der Waals surface area contributed by atoms with Crippen LogP contribution in [0.2, 0.25) is 0 Å². The molecule has 8 aromatic rings. The molecule has 1 fully saturated rings. The number of pyridine rings is 1. The van der Waals surface area contributed by atoms with E-state index in [-0.39, 0.29) is 16.2 Å². The second-order valence-corrected chi connectivity index (χ2v) is 23.3. The van der Waals surface area contributed by atoms with Crippen molar-refractivity contribution in [3.8, 4) is 22.3 Å². The number of fused-ring (bicyclic) bond motifs is 6. The van der Waals surface area contributed by atoms with Crippen LogP contribution in [0.15, 0.2) is 176 Å². The number of benzene rings is 7. The summed E-state index contributed by atoms with van der Waals surface area (Å²) < 4.78 is 0. The monoisotopic (exact) mass is 932 g/mol. The van der Waals surface area contributed by atoms with E-state index in [0.717, 1.165) is 39.9 Å². The van der Waals surface area contributed by atoms with Crippen molar-refractivity contribution in [1.29, 1.82) is 0 Å². The molecule has 0 atom stereocenters. The van der Waals surface area contributed by atoms with Crippen LogP contribution in [0.5, 0.6) is 0 Å². The summed E-state index contributed by atoms with van der Waals surface area (Å²) in [6.45, 7) is 21.7. The molecule has 5 nitrogen and oxygen atoms in total. The topological polar surface area (TPSA) is 25.9 Å². The molecular formula is C66H69N5. The van der Waals surface area contributed by atoms with Gasteiger partial charge in [0.05, 0.1) is 22.7 Å². The summed E-state index contributed by atoms with van der Waals surface area (Å²) in [5, 5.41) is 0. The fourth-order valence-electron chi connectivity index (χ4n) is 11.2. The van der Waals surface area contributed by atoms with E-state index in [2.05, 4.69) is 252 Å². The molecule has 0 radical (unpaired) electrons. The molecule has 0 spiro atoms. The number of para-hydroxylation sites is 4. The molecule has 0 bridgehead atoms. The van der Waals surface area contributed by atoms with Gasteiger partial charge >= 0.3 is 0 Å². The van der Waals surface area contributed by atoms with Crippen molar-refractivity contribution in [2.75, 3.05) is 26.3 Å². The SMILES string of the molecule is CC(C)(C)c1cc(N2CN(c3cc(C(C)(C)C)cc(C(C)(C)C)c3)c3ccccc32)cc(N(c2ccccc2)c2ccc3c(c2)N(c2cc(C4CCCCC4)ccn2)c2ccccc2-c2ccccc2-3)c1. The van der Waals surface area contributed by atoms with Crippen LogP contribution >= 0.6 is 0 Å². The van der Waals surface area contributed by atoms with Gasteiger partial charge in [-0.1, -0.05) is 167 Å². The van der Waals surface area contributed by atoms with Crippen LogP contribution in [0.3, 0.4) is 0 Å². The summed E-state index contributed by atoms with van der Waals surface area (Å²) in [4.78, 5) is 15.2. The number of hydrogen-bond acceptors (Lipinski definition) is 5. The van der Waals surface area contributed by atoms with Gasteiger partial charge < -0.3 is 14.7 Å². The Kier molecular flexibility index (Phi) is 11.7. The van der Waals surface area contributed by atoms with E-state index in [1.807, 2.05) is 6.20 Å². The van der Waals surface area contributed by atoms with Crippen LogP contribution in [0.25, 0.3) is 22.3 Å². The summed E-state index contributed by atoms with van der Waals surface area (Å²) in [7, 11) is 0. The average molecular weight is 932 g/mol. The van der Waals surface area contributed by atoms with Gasteiger partial charge in [0.1, 0.15) is 12.5 Å². The maximum Gasteiger partial charge on any atom is 0.137 e. The second-order valence-electron chi connectivity index (χ2n) is 23.3. The van der Waals surface area contributed by atoms with Crippen LogP contribution < -0.4 is 19.6 Å². The molecule has 7 aromatic carbocycles. The molecule has 5 heteroatoms. The largest absolute Gasteiger partial charge is 0.321 e. The van der Waals surface area contributed by atoms with E-state index in [0.29, 0.717) is 12.6 Å². The Morgan fingerprint density at radius 1 is 0.423 bits per heavy atom. The van der Waals surface area contributed by atoms with Crippen LogP contribution in [0, 0.1) is 0 Å². The van der Waals surface area contributed by atoms with E-state index in [9.17, 15) is 0 Å². The minimum atomic E-state index is -0.137.